The van der Waals surface area contributed by atoms with Gasteiger partial charge in [0.2, 0.25) is 17.7 Å². The molecule has 0 aliphatic rings. The van der Waals surface area contributed by atoms with Gasteiger partial charge in [0.05, 0.1) is 17.8 Å². The third kappa shape index (κ3) is 7.53. The lowest BCUT2D eigenvalue weighted by molar-refractivity contribution is -0.121. The van der Waals surface area contributed by atoms with Gasteiger partial charge in [0.15, 0.2) is 0 Å². The molecule has 0 spiro atoms. The van der Waals surface area contributed by atoms with E-state index in [0.717, 1.165) is 12.8 Å². The molecular weight excluding hydrogens is 308 g/mol. The van der Waals surface area contributed by atoms with E-state index in [-0.39, 0.29) is 24.1 Å². The van der Waals surface area contributed by atoms with Crippen LogP contribution in [0.2, 0.25) is 0 Å². The van der Waals surface area contributed by atoms with E-state index >= 15 is 0 Å². The second kappa shape index (κ2) is 10.1. The van der Waals surface area contributed by atoms with Crippen LogP contribution in [0.3, 0.4) is 0 Å². The molecule has 1 rings (SSSR count). The van der Waals surface area contributed by atoms with Crippen LogP contribution in [0.1, 0.15) is 46.5 Å². The summed E-state index contributed by atoms with van der Waals surface area (Å²) < 4.78 is 0. The first-order valence-corrected chi connectivity index (χ1v) is 7.90. The zero-order chi connectivity index (χ0) is 17.9. The highest BCUT2D eigenvalue weighted by Crippen LogP contribution is 2.20. The van der Waals surface area contributed by atoms with Gasteiger partial charge < -0.3 is 10.6 Å². The van der Waals surface area contributed by atoms with E-state index in [0.29, 0.717) is 23.5 Å². The number of unbranched alkanes of at least 4 members (excludes halogenated alkanes) is 1. The van der Waals surface area contributed by atoms with Crippen molar-refractivity contribution in [3.8, 4) is 0 Å². The molecule has 0 atom stereocenters. The lowest BCUT2D eigenvalue weighted by atomic mass is 10.2. The summed E-state index contributed by atoms with van der Waals surface area (Å²) in [5.41, 5.74) is 3.97. The molecule has 0 aliphatic carbocycles. The Bertz CT molecular complexity index is 626. The van der Waals surface area contributed by atoms with Crippen LogP contribution in [0.25, 0.3) is 0 Å². The molecule has 1 aromatic rings. The Morgan fingerprint density at radius 2 is 1.62 bits per heavy atom. The first-order valence-electron chi connectivity index (χ1n) is 7.90. The van der Waals surface area contributed by atoms with Gasteiger partial charge in [-0.25, -0.2) is 5.43 Å². The highest BCUT2D eigenvalue weighted by molar-refractivity contribution is 6.07. The number of hydrogen-bond donors (Lipinski definition) is 3. The van der Waals surface area contributed by atoms with Crippen molar-refractivity contribution in [3.05, 3.63) is 24.3 Å². The van der Waals surface area contributed by atoms with Gasteiger partial charge in [-0.3, -0.25) is 14.4 Å². The first kappa shape index (κ1) is 19.3. The number of anilines is 2. The van der Waals surface area contributed by atoms with Gasteiger partial charge in [-0.15, -0.1) is 0 Å². The summed E-state index contributed by atoms with van der Waals surface area (Å²) in [6.07, 6.45) is 2.21. The SMILES string of the molecule is CCCCC(=O)N/N=C(\C)CC(=O)Nc1ccccc1NC(C)=O. The van der Waals surface area contributed by atoms with Crippen LogP contribution < -0.4 is 16.1 Å². The van der Waals surface area contributed by atoms with Crippen molar-refractivity contribution in [1.29, 1.82) is 0 Å². The molecule has 0 bridgehead atoms. The van der Waals surface area contributed by atoms with Gasteiger partial charge in [-0.1, -0.05) is 25.5 Å². The average Bonchev–Trinajstić information content (AvgIpc) is 2.52. The Morgan fingerprint density at radius 3 is 2.21 bits per heavy atom. The highest BCUT2D eigenvalue weighted by atomic mass is 16.2. The van der Waals surface area contributed by atoms with Gasteiger partial charge in [0.25, 0.3) is 0 Å². The quantitative estimate of drug-likeness (QED) is 0.504. The van der Waals surface area contributed by atoms with Gasteiger partial charge >= 0.3 is 0 Å². The maximum atomic E-state index is 12.1. The number of nitrogens with zero attached hydrogens (tertiary/aromatic N) is 1. The maximum Gasteiger partial charge on any atom is 0.240 e. The number of hydrogen-bond acceptors (Lipinski definition) is 4. The van der Waals surface area contributed by atoms with E-state index in [4.69, 9.17) is 0 Å². The summed E-state index contributed by atoms with van der Waals surface area (Å²) in [4.78, 5) is 34.7. The molecular formula is C17H24N4O3. The number of hydrazone groups is 1. The van der Waals surface area contributed by atoms with Crippen molar-refractivity contribution in [1.82, 2.24) is 5.43 Å². The maximum absolute atomic E-state index is 12.1. The Labute approximate surface area is 141 Å². The van der Waals surface area contributed by atoms with E-state index < -0.39 is 0 Å². The minimum Gasteiger partial charge on any atom is -0.325 e. The molecule has 3 amide bonds. The third-order valence-electron chi connectivity index (χ3n) is 3.06. The molecule has 0 radical (unpaired) electrons. The van der Waals surface area contributed by atoms with Crippen LogP contribution in [0.4, 0.5) is 11.4 Å². The van der Waals surface area contributed by atoms with Crippen LogP contribution >= 0.6 is 0 Å². The smallest absolute Gasteiger partial charge is 0.240 e. The van der Waals surface area contributed by atoms with Crippen molar-refractivity contribution in [2.24, 2.45) is 5.10 Å². The molecule has 1 aromatic carbocycles. The molecule has 0 fully saturated rings. The average molecular weight is 332 g/mol. The molecule has 7 nitrogen and oxygen atoms in total. The monoisotopic (exact) mass is 332 g/mol. The van der Waals surface area contributed by atoms with Crippen molar-refractivity contribution >= 4 is 34.8 Å². The predicted octanol–water partition coefficient (Wildman–Crippen LogP) is 2.66. The van der Waals surface area contributed by atoms with Crippen molar-refractivity contribution in [2.75, 3.05) is 10.6 Å². The molecule has 0 heterocycles. The van der Waals surface area contributed by atoms with Crippen molar-refractivity contribution in [2.45, 2.75) is 46.5 Å². The first-order chi connectivity index (χ1) is 11.4. The Morgan fingerprint density at radius 1 is 1.00 bits per heavy atom. The zero-order valence-electron chi connectivity index (χ0n) is 14.3. The number of rotatable bonds is 8. The second-order valence-corrected chi connectivity index (χ2v) is 5.44. The largest absolute Gasteiger partial charge is 0.325 e. The molecule has 24 heavy (non-hydrogen) atoms. The molecule has 0 aliphatic heterocycles. The lowest BCUT2D eigenvalue weighted by Gasteiger charge is -2.11. The summed E-state index contributed by atoms with van der Waals surface area (Å²) in [6, 6.07) is 6.92. The van der Waals surface area contributed by atoms with E-state index in [1.165, 1.54) is 6.92 Å². The topological polar surface area (TPSA) is 99.7 Å². The van der Waals surface area contributed by atoms with Gasteiger partial charge in [-0.05, 0) is 25.5 Å². The fourth-order valence-corrected chi connectivity index (χ4v) is 1.91. The minimum atomic E-state index is -0.281. The number of amides is 3. The Kier molecular flexibility index (Phi) is 8.18. The van der Waals surface area contributed by atoms with Crippen LogP contribution in [0.15, 0.2) is 29.4 Å². The predicted molar refractivity (Wildman–Crippen MR) is 94.8 cm³/mol. The summed E-state index contributed by atoms with van der Waals surface area (Å²) >= 11 is 0. The zero-order valence-corrected chi connectivity index (χ0v) is 14.3. The molecule has 7 heteroatoms. The standard InChI is InChI=1S/C17H24N4O3/c1-4-5-10-16(23)21-20-12(2)11-17(24)19-15-9-7-6-8-14(15)18-13(3)22/h6-9H,4-5,10-11H2,1-3H3,(H,18,22)(H,19,24)(H,21,23)/b20-12+. The van der Waals surface area contributed by atoms with E-state index in [1.54, 1.807) is 31.2 Å². The molecule has 3 N–H and O–H groups in total. The Balaban J connectivity index is 2.57. The molecule has 0 saturated carbocycles. The molecule has 0 saturated heterocycles. The van der Waals surface area contributed by atoms with Gasteiger partial charge in [0, 0.05) is 19.1 Å². The van der Waals surface area contributed by atoms with Crippen LogP contribution in [-0.2, 0) is 14.4 Å². The minimum absolute atomic E-state index is 0.0441. The number of carbonyl (C=O) groups is 3. The highest BCUT2D eigenvalue weighted by Gasteiger charge is 2.09. The fraction of sp³-hybridized carbons (Fsp3) is 0.412. The fourth-order valence-electron chi connectivity index (χ4n) is 1.91. The summed E-state index contributed by atoms with van der Waals surface area (Å²) in [7, 11) is 0. The van der Waals surface area contributed by atoms with Crippen LogP contribution in [0.5, 0.6) is 0 Å². The number of para-hydroxylation sites is 2. The van der Waals surface area contributed by atoms with Gasteiger partial charge in [-0.2, -0.15) is 5.10 Å². The van der Waals surface area contributed by atoms with E-state index in [2.05, 4.69) is 21.2 Å². The van der Waals surface area contributed by atoms with E-state index in [9.17, 15) is 14.4 Å². The lowest BCUT2D eigenvalue weighted by Crippen LogP contribution is -2.21. The summed E-state index contributed by atoms with van der Waals surface area (Å²) in [5.74, 6) is -0.659. The number of nitrogens with one attached hydrogen (secondary N) is 3. The van der Waals surface area contributed by atoms with Gasteiger partial charge in [0.1, 0.15) is 0 Å². The van der Waals surface area contributed by atoms with Crippen LogP contribution in [0, 0.1) is 0 Å². The molecule has 130 valence electrons. The molecule has 0 aromatic heterocycles. The van der Waals surface area contributed by atoms with Crippen molar-refractivity contribution in [3.63, 3.8) is 0 Å². The number of benzene rings is 1. The second-order valence-electron chi connectivity index (χ2n) is 5.44. The number of carbonyl (C=O) groups excluding carboxylic acids is 3. The Hall–Kier alpha value is -2.70. The summed E-state index contributed by atoms with van der Waals surface area (Å²) in [5, 5.41) is 9.29. The van der Waals surface area contributed by atoms with E-state index in [1.807, 2.05) is 6.92 Å². The summed E-state index contributed by atoms with van der Waals surface area (Å²) in [6.45, 7) is 5.07. The normalized spacial score (nSPS) is 10.9. The third-order valence-corrected chi connectivity index (χ3v) is 3.06. The molecule has 0 unspecified atom stereocenters. The van der Waals surface area contributed by atoms with Crippen molar-refractivity contribution < 1.29 is 14.4 Å². The van der Waals surface area contributed by atoms with Crippen LogP contribution in [-0.4, -0.2) is 23.4 Å².